The Morgan fingerprint density at radius 3 is 1.53 bits per heavy atom. The molecule has 45 heavy (non-hydrogen) atoms. The van der Waals surface area contributed by atoms with Gasteiger partial charge in [0.25, 0.3) is 0 Å². The van der Waals surface area contributed by atoms with Crippen LogP contribution in [0.1, 0.15) is 45.7 Å². The van der Waals surface area contributed by atoms with E-state index in [-0.39, 0.29) is 28.2 Å². The molecule has 0 fully saturated rings. The molecule has 8 nitrogen and oxygen atoms in total. The summed E-state index contributed by atoms with van der Waals surface area (Å²) in [6.45, 7) is 18.8. The van der Waals surface area contributed by atoms with Crippen LogP contribution in [0.2, 0.25) is 0 Å². The number of ether oxygens (including phenoxy) is 4. The zero-order valence-electron chi connectivity index (χ0n) is 25.9. The molecule has 230 valence electrons. The Morgan fingerprint density at radius 2 is 1.04 bits per heavy atom. The smallest absolute Gasteiger partial charge is 0.338 e. The predicted molar refractivity (Wildman–Crippen MR) is 174 cm³/mol. The molecule has 8 heteroatoms. The quantitative estimate of drug-likeness (QED) is 0.0941. The largest absolute Gasteiger partial charge is 0.423 e. The van der Waals surface area contributed by atoms with Gasteiger partial charge >= 0.3 is 23.9 Å². The minimum atomic E-state index is -0.646. The maximum absolute atomic E-state index is 12.8. The average molecular weight is 607 g/mol. The number of rotatable bonds is 11. The summed E-state index contributed by atoms with van der Waals surface area (Å²) in [6, 6.07) is 16.5. The topological polar surface area (TPSA) is 105 Å². The fraction of sp³-hybridized carbons (Fsp3) is 0.135. The Balaban J connectivity index is 2.10. The third-order valence-electron chi connectivity index (χ3n) is 6.24. The van der Waals surface area contributed by atoms with Gasteiger partial charge in [0.15, 0.2) is 0 Å². The molecule has 0 amide bonds. The van der Waals surface area contributed by atoms with Crippen LogP contribution in [0.3, 0.4) is 0 Å². The van der Waals surface area contributed by atoms with Gasteiger partial charge in [-0.25, -0.2) is 19.2 Å². The van der Waals surface area contributed by atoms with Gasteiger partial charge in [-0.2, -0.15) is 0 Å². The molecule has 0 aliphatic rings. The summed E-state index contributed by atoms with van der Waals surface area (Å²) in [6.07, 6.45) is 5.09. The second kappa shape index (κ2) is 15.1. The molecule has 3 rings (SSSR count). The van der Waals surface area contributed by atoms with E-state index in [9.17, 15) is 19.2 Å². The van der Waals surface area contributed by atoms with Gasteiger partial charge in [0, 0.05) is 33.4 Å². The van der Waals surface area contributed by atoms with Crippen LogP contribution in [-0.4, -0.2) is 23.9 Å². The van der Waals surface area contributed by atoms with Gasteiger partial charge in [-0.15, -0.1) is 0 Å². The van der Waals surface area contributed by atoms with Crippen LogP contribution in [-0.2, 0) is 19.2 Å². The lowest BCUT2D eigenvalue weighted by Crippen LogP contribution is -2.12. The summed E-state index contributed by atoms with van der Waals surface area (Å²) in [7, 11) is 0. The summed E-state index contributed by atoms with van der Waals surface area (Å²) in [5.41, 5.74) is 3.32. The predicted octanol–water partition coefficient (Wildman–Crippen LogP) is 7.84. The van der Waals surface area contributed by atoms with Crippen molar-refractivity contribution >= 4 is 36.0 Å². The van der Waals surface area contributed by atoms with E-state index in [0.29, 0.717) is 33.8 Å². The van der Waals surface area contributed by atoms with Crippen LogP contribution in [0.4, 0.5) is 0 Å². The Labute approximate surface area is 262 Å². The van der Waals surface area contributed by atoms with Crippen LogP contribution in [0, 0.1) is 0 Å². The van der Waals surface area contributed by atoms with E-state index in [1.807, 2.05) is 0 Å². The standard InChI is InChI=1S/C37H34O8/c1-9-25(8)37(41)44-32-21-31(27-14-18-30(19-15-27)43-35(39)23(4)5)33(45-36(40)24(6)7)20-28(32)13-10-26-11-16-29(17-12-26)42-34(38)22(2)3/h9-21H,2,4,6H2,1,3,5,7-8H3/b13-10+,25-9-. The first-order valence-corrected chi connectivity index (χ1v) is 13.8. The van der Waals surface area contributed by atoms with Gasteiger partial charge in [0.2, 0.25) is 0 Å². The van der Waals surface area contributed by atoms with Crippen molar-refractivity contribution in [3.63, 3.8) is 0 Å². The molecule has 0 aliphatic heterocycles. The second-order valence-electron chi connectivity index (χ2n) is 10.2. The zero-order chi connectivity index (χ0) is 33.3. The molecule has 3 aromatic rings. The first-order chi connectivity index (χ1) is 21.3. The molecule has 0 N–H and O–H groups in total. The maximum Gasteiger partial charge on any atom is 0.338 e. The van der Waals surface area contributed by atoms with Gasteiger partial charge in [-0.3, -0.25) is 0 Å². The fourth-order valence-electron chi connectivity index (χ4n) is 3.51. The molecule has 3 aromatic carbocycles. The number of carbonyl (C=O) groups excluding carboxylic acids is 4. The molecule has 0 unspecified atom stereocenters. The van der Waals surface area contributed by atoms with E-state index in [1.165, 1.54) is 6.92 Å². The van der Waals surface area contributed by atoms with Crippen LogP contribution < -0.4 is 18.9 Å². The average Bonchev–Trinajstić information content (AvgIpc) is 3.01. The highest BCUT2D eigenvalue weighted by Gasteiger charge is 2.19. The van der Waals surface area contributed by atoms with E-state index in [0.717, 1.165) is 5.56 Å². The van der Waals surface area contributed by atoms with Crippen LogP contribution in [0.5, 0.6) is 23.0 Å². The Bertz CT molecular complexity index is 1740. The first-order valence-electron chi connectivity index (χ1n) is 13.8. The number of hydrogen-bond donors (Lipinski definition) is 0. The Kier molecular flexibility index (Phi) is 11.3. The Morgan fingerprint density at radius 1 is 0.578 bits per heavy atom. The molecule has 0 aromatic heterocycles. The lowest BCUT2D eigenvalue weighted by atomic mass is 10.0. The number of allylic oxidation sites excluding steroid dienone is 1. The minimum Gasteiger partial charge on any atom is -0.423 e. The molecule has 0 radical (unpaired) electrons. The van der Waals surface area contributed by atoms with Gasteiger partial charge in [-0.1, -0.05) is 62.2 Å². The van der Waals surface area contributed by atoms with E-state index >= 15 is 0 Å². The number of esters is 4. The molecule has 0 heterocycles. The van der Waals surface area contributed by atoms with Crippen molar-refractivity contribution in [1.29, 1.82) is 0 Å². The van der Waals surface area contributed by atoms with Crippen LogP contribution in [0.15, 0.2) is 109 Å². The van der Waals surface area contributed by atoms with Crippen molar-refractivity contribution in [2.45, 2.75) is 34.6 Å². The lowest BCUT2D eigenvalue weighted by molar-refractivity contribution is -0.131. The van der Waals surface area contributed by atoms with Crippen LogP contribution in [0.25, 0.3) is 23.3 Å². The van der Waals surface area contributed by atoms with Gasteiger partial charge in [0.1, 0.15) is 23.0 Å². The van der Waals surface area contributed by atoms with Gasteiger partial charge in [0.05, 0.1) is 0 Å². The first kappa shape index (κ1) is 33.7. The number of carbonyl (C=O) groups is 4. The van der Waals surface area contributed by atoms with Crippen molar-refractivity contribution in [2.75, 3.05) is 0 Å². The third-order valence-corrected chi connectivity index (χ3v) is 6.24. The molecule has 0 aliphatic carbocycles. The normalized spacial score (nSPS) is 11.0. The number of benzene rings is 3. The highest BCUT2D eigenvalue weighted by Crippen LogP contribution is 2.38. The van der Waals surface area contributed by atoms with E-state index < -0.39 is 23.9 Å². The lowest BCUT2D eigenvalue weighted by Gasteiger charge is -2.16. The molecule has 0 saturated carbocycles. The summed E-state index contributed by atoms with van der Waals surface area (Å²) in [5, 5.41) is 0. The summed E-state index contributed by atoms with van der Waals surface area (Å²) in [4.78, 5) is 49.2. The fourth-order valence-corrected chi connectivity index (χ4v) is 3.51. The Hall–Kier alpha value is -5.76. The number of hydrogen-bond acceptors (Lipinski definition) is 8. The monoisotopic (exact) mass is 606 g/mol. The highest BCUT2D eigenvalue weighted by molar-refractivity contribution is 5.93. The molecule has 0 saturated heterocycles. The second-order valence-corrected chi connectivity index (χ2v) is 10.2. The SMILES string of the molecule is C=C(C)C(=O)Oc1ccc(/C=C/c2cc(OC(=O)C(=C)C)c(-c3ccc(OC(=O)C(=C)C)cc3)cc2OC(=O)/C(C)=C\C)cc1. The van der Waals surface area contributed by atoms with Crippen molar-refractivity contribution in [3.8, 4) is 34.1 Å². The molecular formula is C37H34O8. The van der Waals surface area contributed by atoms with E-state index in [1.54, 1.807) is 107 Å². The zero-order valence-corrected chi connectivity index (χ0v) is 25.9. The van der Waals surface area contributed by atoms with Crippen molar-refractivity contribution < 1.29 is 38.1 Å². The van der Waals surface area contributed by atoms with Crippen molar-refractivity contribution in [2.24, 2.45) is 0 Å². The van der Waals surface area contributed by atoms with Crippen molar-refractivity contribution in [3.05, 3.63) is 120 Å². The molecule has 0 bridgehead atoms. The molecule has 0 spiro atoms. The molecule has 0 atom stereocenters. The highest BCUT2D eigenvalue weighted by atomic mass is 16.5. The van der Waals surface area contributed by atoms with E-state index in [2.05, 4.69) is 19.7 Å². The summed E-state index contributed by atoms with van der Waals surface area (Å²) >= 11 is 0. The summed E-state index contributed by atoms with van der Waals surface area (Å²) in [5.74, 6) is -1.26. The maximum atomic E-state index is 12.8. The van der Waals surface area contributed by atoms with E-state index in [4.69, 9.17) is 18.9 Å². The van der Waals surface area contributed by atoms with Crippen molar-refractivity contribution in [1.82, 2.24) is 0 Å². The van der Waals surface area contributed by atoms with Crippen LogP contribution >= 0.6 is 0 Å². The van der Waals surface area contributed by atoms with Gasteiger partial charge in [-0.05, 0) is 82.1 Å². The third kappa shape index (κ3) is 9.36. The summed E-state index contributed by atoms with van der Waals surface area (Å²) < 4.78 is 22.0. The van der Waals surface area contributed by atoms with Gasteiger partial charge < -0.3 is 18.9 Å². The minimum absolute atomic E-state index is 0.180. The molecular weight excluding hydrogens is 572 g/mol.